The highest BCUT2D eigenvalue weighted by molar-refractivity contribution is 6.31. The lowest BCUT2D eigenvalue weighted by Crippen LogP contribution is -2.44. The monoisotopic (exact) mass is 242 g/mol. The summed E-state index contributed by atoms with van der Waals surface area (Å²) < 4.78 is 12.8. The van der Waals surface area contributed by atoms with Crippen molar-refractivity contribution >= 4 is 11.6 Å². The summed E-state index contributed by atoms with van der Waals surface area (Å²) in [5.41, 5.74) is 1.03. The van der Waals surface area contributed by atoms with E-state index in [1.54, 1.807) is 6.07 Å². The van der Waals surface area contributed by atoms with Crippen molar-refractivity contribution in [3.63, 3.8) is 0 Å². The largest absolute Gasteiger partial charge is 0.314 e. The van der Waals surface area contributed by atoms with Crippen LogP contribution in [0.25, 0.3) is 0 Å². The number of benzene rings is 1. The van der Waals surface area contributed by atoms with Crippen LogP contribution in [0, 0.1) is 5.82 Å². The zero-order chi connectivity index (χ0) is 11.4. The van der Waals surface area contributed by atoms with Gasteiger partial charge in [0.25, 0.3) is 0 Å². The van der Waals surface area contributed by atoms with Crippen LogP contribution in [0.4, 0.5) is 4.39 Å². The van der Waals surface area contributed by atoms with Crippen LogP contribution in [-0.4, -0.2) is 37.6 Å². The minimum Gasteiger partial charge on any atom is -0.314 e. The number of hydrogen-bond donors (Lipinski definition) is 1. The van der Waals surface area contributed by atoms with Gasteiger partial charge in [-0.1, -0.05) is 17.7 Å². The number of rotatable bonds is 3. The van der Waals surface area contributed by atoms with Crippen LogP contribution in [0.15, 0.2) is 18.2 Å². The molecule has 2 rings (SSSR count). The molecule has 4 heteroatoms. The Morgan fingerprint density at radius 1 is 1.31 bits per heavy atom. The molecule has 1 aromatic carbocycles. The molecular weight excluding hydrogens is 227 g/mol. The first-order valence-corrected chi connectivity index (χ1v) is 6.00. The van der Waals surface area contributed by atoms with Gasteiger partial charge < -0.3 is 10.2 Å². The molecule has 0 aliphatic carbocycles. The first-order valence-electron chi connectivity index (χ1n) is 5.63. The quantitative estimate of drug-likeness (QED) is 0.872. The molecule has 1 fully saturated rings. The zero-order valence-electron chi connectivity index (χ0n) is 9.18. The molecular formula is C12H16ClFN2. The topological polar surface area (TPSA) is 15.3 Å². The fraction of sp³-hybridized carbons (Fsp3) is 0.500. The Morgan fingerprint density at radius 2 is 2.06 bits per heavy atom. The van der Waals surface area contributed by atoms with Crippen molar-refractivity contribution in [1.29, 1.82) is 0 Å². The summed E-state index contributed by atoms with van der Waals surface area (Å²) in [4.78, 5) is 2.40. The summed E-state index contributed by atoms with van der Waals surface area (Å²) in [6, 6.07) is 4.63. The molecule has 1 aliphatic heterocycles. The maximum absolute atomic E-state index is 12.8. The summed E-state index contributed by atoms with van der Waals surface area (Å²) in [5, 5.41) is 3.85. The van der Waals surface area contributed by atoms with Gasteiger partial charge in [0.15, 0.2) is 0 Å². The van der Waals surface area contributed by atoms with E-state index < -0.39 is 0 Å². The predicted molar refractivity (Wildman–Crippen MR) is 64.4 cm³/mol. The first-order chi connectivity index (χ1) is 7.75. The van der Waals surface area contributed by atoms with E-state index in [1.807, 2.05) is 0 Å². The van der Waals surface area contributed by atoms with Crippen LogP contribution in [-0.2, 0) is 6.42 Å². The van der Waals surface area contributed by atoms with E-state index in [9.17, 15) is 4.39 Å². The van der Waals surface area contributed by atoms with Crippen molar-refractivity contribution in [2.24, 2.45) is 0 Å². The van der Waals surface area contributed by atoms with E-state index in [-0.39, 0.29) is 5.82 Å². The third-order valence-corrected chi connectivity index (χ3v) is 3.27. The summed E-state index contributed by atoms with van der Waals surface area (Å²) in [6.45, 7) is 5.26. The smallest absolute Gasteiger partial charge is 0.124 e. The molecule has 0 radical (unpaired) electrons. The molecule has 0 bridgehead atoms. The van der Waals surface area contributed by atoms with Gasteiger partial charge in [-0.15, -0.1) is 0 Å². The van der Waals surface area contributed by atoms with Crippen LogP contribution in [0.1, 0.15) is 5.56 Å². The molecule has 0 aromatic heterocycles. The number of nitrogens with zero attached hydrogens (tertiary/aromatic N) is 1. The Balaban J connectivity index is 1.88. The van der Waals surface area contributed by atoms with Gasteiger partial charge in [-0.3, -0.25) is 0 Å². The van der Waals surface area contributed by atoms with Gasteiger partial charge in [-0.25, -0.2) is 4.39 Å². The highest BCUT2D eigenvalue weighted by atomic mass is 35.5. The molecule has 1 saturated heterocycles. The van der Waals surface area contributed by atoms with Crippen LogP contribution >= 0.6 is 11.6 Å². The number of hydrogen-bond acceptors (Lipinski definition) is 2. The van der Waals surface area contributed by atoms with Crippen molar-refractivity contribution < 1.29 is 4.39 Å². The normalized spacial score (nSPS) is 17.6. The third kappa shape index (κ3) is 3.17. The Morgan fingerprint density at radius 3 is 2.75 bits per heavy atom. The molecule has 0 spiro atoms. The molecule has 1 N–H and O–H groups in total. The van der Waals surface area contributed by atoms with Gasteiger partial charge >= 0.3 is 0 Å². The minimum atomic E-state index is -0.268. The maximum atomic E-state index is 12.8. The van der Waals surface area contributed by atoms with E-state index in [0.717, 1.165) is 44.7 Å². The van der Waals surface area contributed by atoms with Crippen LogP contribution in [0.3, 0.4) is 0 Å². The van der Waals surface area contributed by atoms with E-state index in [2.05, 4.69) is 10.2 Å². The Hall–Kier alpha value is -0.640. The van der Waals surface area contributed by atoms with Gasteiger partial charge in [-0.05, 0) is 24.1 Å². The SMILES string of the molecule is Fc1ccc(CCN2CCNCC2)c(Cl)c1. The van der Waals surface area contributed by atoms with Gasteiger partial charge in [0.2, 0.25) is 0 Å². The van der Waals surface area contributed by atoms with Gasteiger partial charge in [0.05, 0.1) is 0 Å². The van der Waals surface area contributed by atoms with Gasteiger partial charge in [-0.2, -0.15) is 0 Å². The fourth-order valence-electron chi connectivity index (χ4n) is 1.94. The number of nitrogens with one attached hydrogen (secondary N) is 1. The van der Waals surface area contributed by atoms with Gasteiger partial charge in [0.1, 0.15) is 5.82 Å². The molecule has 2 nitrogen and oxygen atoms in total. The van der Waals surface area contributed by atoms with Crippen molar-refractivity contribution in [2.75, 3.05) is 32.7 Å². The lowest BCUT2D eigenvalue weighted by atomic mass is 10.1. The molecule has 1 heterocycles. The third-order valence-electron chi connectivity index (χ3n) is 2.92. The summed E-state index contributed by atoms with van der Waals surface area (Å²) in [7, 11) is 0. The number of piperazine rings is 1. The second kappa shape index (κ2) is 5.62. The predicted octanol–water partition coefficient (Wildman–Crippen LogP) is 1.93. The van der Waals surface area contributed by atoms with Crippen LogP contribution < -0.4 is 5.32 Å². The van der Waals surface area contributed by atoms with Crippen molar-refractivity contribution in [1.82, 2.24) is 10.2 Å². The maximum Gasteiger partial charge on any atom is 0.124 e. The standard InChI is InChI=1S/C12H16ClFN2/c13-12-9-11(14)2-1-10(12)3-6-16-7-4-15-5-8-16/h1-2,9,15H,3-8H2. The van der Waals surface area contributed by atoms with Crippen molar-refractivity contribution in [3.8, 4) is 0 Å². The average Bonchev–Trinajstić information content (AvgIpc) is 2.29. The Labute approximate surface area is 100 Å². The summed E-state index contributed by atoms with van der Waals surface area (Å²) >= 11 is 5.98. The molecule has 0 amide bonds. The van der Waals surface area contributed by atoms with Gasteiger partial charge in [0, 0.05) is 37.7 Å². The van der Waals surface area contributed by atoms with E-state index in [1.165, 1.54) is 12.1 Å². The minimum absolute atomic E-state index is 0.268. The van der Waals surface area contributed by atoms with Crippen LogP contribution in [0.2, 0.25) is 5.02 Å². The van der Waals surface area contributed by atoms with E-state index in [4.69, 9.17) is 11.6 Å². The van der Waals surface area contributed by atoms with E-state index >= 15 is 0 Å². The summed E-state index contributed by atoms with van der Waals surface area (Å²) in [5.74, 6) is -0.268. The highest BCUT2D eigenvalue weighted by Gasteiger charge is 2.10. The highest BCUT2D eigenvalue weighted by Crippen LogP contribution is 2.18. The number of halogens is 2. The van der Waals surface area contributed by atoms with Crippen LogP contribution in [0.5, 0.6) is 0 Å². The average molecular weight is 243 g/mol. The first kappa shape index (κ1) is 11.8. The Bertz CT molecular complexity index is 351. The second-order valence-electron chi connectivity index (χ2n) is 4.08. The molecule has 1 aliphatic rings. The zero-order valence-corrected chi connectivity index (χ0v) is 9.93. The lowest BCUT2D eigenvalue weighted by Gasteiger charge is -2.27. The summed E-state index contributed by atoms with van der Waals surface area (Å²) in [6.07, 6.45) is 0.888. The molecule has 88 valence electrons. The molecule has 1 aromatic rings. The van der Waals surface area contributed by atoms with Crippen molar-refractivity contribution in [2.45, 2.75) is 6.42 Å². The van der Waals surface area contributed by atoms with E-state index in [0.29, 0.717) is 5.02 Å². The molecule has 16 heavy (non-hydrogen) atoms. The lowest BCUT2D eigenvalue weighted by molar-refractivity contribution is 0.244. The van der Waals surface area contributed by atoms with Crippen molar-refractivity contribution in [3.05, 3.63) is 34.6 Å². The fourth-order valence-corrected chi connectivity index (χ4v) is 2.20. The second-order valence-corrected chi connectivity index (χ2v) is 4.48. The molecule has 0 atom stereocenters. The Kier molecular flexibility index (Phi) is 4.16. The molecule has 0 unspecified atom stereocenters. The molecule has 0 saturated carbocycles.